The average Bonchev–Trinajstić information content (AvgIpc) is 2.86. The first-order valence-electron chi connectivity index (χ1n) is 5.89. The van der Waals surface area contributed by atoms with E-state index in [9.17, 15) is 4.39 Å². The lowest BCUT2D eigenvalue weighted by Gasteiger charge is -2.16. The molecule has 18 heavy (non-hydrogen) atoms. The Morgan fingerprint density at radius 3 is 2.89 bits per heavy atom. The molecular weight excluding hydrogens is 344 g/mol. The van der Waals surface area contributed by atoms with Crippen LogP contribution >= 0.6 is 22.6 Å². The Labute approximate surface area is 120 Å². The van der Waals surface area contributed by atoms with Crippen LogP contribution in [0.2, 0.25) is 0 Å². The molecule has 1 aromatic heterocycles. The summed E-state index contributed by atoms with van der Waals surface area (Å²) >= 11 is 2.02. The molecule has 1 unspecified atom stereocenters. The maximum atomic E-state index is 13.4. The van der Waals surface area contributed by atoms with Gasteiger partial charge in [-0.2, -0.15) is 0 Å². The summed E-state index contributed by atoms with van der Waals surface area (Å²) in [6.07, 6.45) is 3.51. The second-order valence-corrected chi connectivity index (χ2v) is 5.34. The fraction of sp³-hybridized carbons (Fsp3) is 0.286. The van der Waals surface area contributed by atoms with E-state index < -0.39 is 0 Å². The van der Waals surface area contributed by atoms with E-state index in [1.807, 2.05) is 40.8 Å². The molecule has 0 aliphatic carbocycles. The minimum atomic E-state index is -0.182. The molecule has 1 atom stereocenters. The summed E-state index contributed by atoms with van der Waals surface area (Å²) < 4.78 is 19.3. The van der Waals surface area contributed by atoms with Crippen molar-refractivity contribution < 1.29 is 8.81 Å². The molecule has 2 rings (SSSR count). The summed E-state index contributed by atoms with van der Waals surface area (Å²) in [6.45, 7) is 2.09. The van der Waals surface area contributed by atoms with Crippen molar-refractivity contribution in [3.8, 4) is 0 Å². The quantitative estimate of drug-likeness (QED) is 0.798. The van der Waals surface area contributed by atoms with Crippen molar-refractivity contribution in [2.24, 2.45) is 0 Å². The van der Waals surface area contributed by atoms with Crippen LogP contribution in [0.1, 0.15) is 19.1 Å². The molecule has 0 aliphatic heterocycles. The van der Waals surface area contributed by atoms with Crippen molar-refractivity contribution in [2.75, 3.05) is 5.32 Å². The van der Waals surface area contributed by atoms with Gasteiger partial charge in [0.25, 0.3) is 0 Å². The molecule has 1 heterocycles. The molecule has 1 aromatic carbocycles. The molecule has 0 spiro atoms. The molecule has 4 heteroatoms. The Morgan fingerprint density at radius 2 is 2.17 bits per heavy atom. The third-order valence-corrected chi connectivity index (χ3v) is 3.85. The van der Waals surface area contributed by atoms with Crippen LogP contribution in [0.4, 0.5) is 10.1 Å². The van der Waals surface area contributed by atoms with Gasteiger partial charge in [0.1, 0.15) is 11.6 Å². The molecular formula is C14H15FINO. The van der Waals surface area contributed by atoms with Crippen molar-refractivity contribution in [3.63, 3.8) is 0 Å². The number of rotatable bonds is 5. The zero-order chi connectivity index (χ0) is 13.0. The van der Waals surface area contributed by atoms with E-state index in [0.29, 0.717) is 3.57 Å². The number of benzene rings is 1. The van der Waals surface area contributed by atoms with Crippen molar-refractivity contribution in [2.45, 2.75) is 25.8 Å². The number of furan rings is 1. The van der Waals surface area contributed by atoms with Crippen LogP contribution in [0.5, 0.6) is 0 Å². The molecule has 0 amide bonds. The van der Waals surface area contributed by atoms with Gasteiger partial charge in [-0.05, 0) is 60.2 Å². The van der Waals surface area contributed by atoms with Gasteiger partial charge < -0.3 is 9.73 Å². The molecule has 1 N–H and O–H groups in total. The zero-order valence-electron chi connectivity index (χ0n) is 10.1. The Bertz CT molecular complexity index is 499. The van der Waals surface area contributed by atoms with Gasteiger partial charge >= 0.3 is 0 Å². The van der Waals surface area contributed by atoms with E-state index in [1.165, 1.54) is 6.07 Å². The summed E-state index contributed by atoms with van der Waals surface area (Å²) in [5.41, 5.74) is 0.850. The van der Waals surface area contributed by atoms with E-state index in [1.54, 1.807) is 12.3 Å². The van der Waals surface area contributed by atoms with E-state index in [2.05, 4.69) is 12.2 Å². The van der Waals surface area contributed by atoms with Crippen LogP contribution in [0.25, 0.3) is 0 Å². The predicted molar refractivity (Wildman–Crippen MR) is 79.2 cm³/mol. The average molecular weight is 359 g/mol. The highest BCUT2D eigenvalue weighted by Gasteiger charge is 2.08. The normalized spacial score (nSPS) is 12.4. The lowest BCUT2D eigenvalue weighted by atomic mass is 10.1. The van der Waals surface area contributed by atoms with Crippen LogP contribution in [-0.4, -0.2) is 6.04 Å². The second kappa shape index (κ2) is 6.22. The lowest BCUT2D eigenvalue weighted by Crippen LogP contribution is -2.16. The van der Waals surface area contributed by atoms with Gasteiger partial charge in [-0.25, -0.2) is 4.39 Å². The summed E-state index contributed by atoms with van der Waals surface area (Å²) in [5, 5.41) is 3.32. The summed E-state index contributed by atoms with van der Waals surface area (Å²) in [6, 6.07) is 9.22. The van der Waals surface area contributed by atoms with Crippen LogP contribution in [0, 0.1) is 9.39 Å². The predicted octanol–water partition coefficient (Wildman–Crippen LogP) is 4.46. The molecule has 0 saturated heterocycles. The fourth-order valence-corrected chi connectivity index (χ4v) is 2.28. The van der Waals surface area contributed by atoms with E-state index in [0.717, 1.165) is 24.3 Å². The number of aryl methyl sites for hydroxylation is 1. The van der Waals surface area contributed by atoms with Crippen molar-refractivity contribution in [3.05, 3.63) is 51.7 Å². The third kappa shape index (κ3) is 3.48. The van der Waals surface area contributed by atoms with Gasteiger partial charge in [0.15, 0.2) is 0 Å². The van der Waals surface area contributed by atoms with Gasteiger partial charge in [0.05, 0.1) is 15.5 Å². The molecule has 2 aromatic rings. The highest BCUT2D eigenvalue weighted by molar-refractivity contribution is 14.1. The second-order valence-electron chi connectivity index (χ2n) is 4.26. The summed E-state index contributed by atoms with van der Waals surface area (Å²) in [7, 11) is 0. The highest BCUT2D eigenvalue weighted by Crippen LogP contribution is 2.22. The smallest absolute Gasteiger partial charge is 0.138 e. The van der Waals surface area contributed by atoms with Crippen LogP contribution < -0.4 is 5.32 Å². The first-order chi connectivity index (χ1) is 8.66. The summed E-state index contributed by atoms with van der Waals surface area (Å²) in [4.78, 5) is 0. The third-order valence-electron chi connectivity index (χ3n) is 2.76. The van der Waals surface area contributed by atoms with E-state index >= 15 is 0 Å². The van der Waals surface area contributed by atoms with E-state index in [-0.39, 0.29) is 11.9 Å². The monoisotopic (exact) mass is 359 g/mol. The van der Waals surface area contributed by atoms with Crippen molar-refractivity contribution in [1.82, 2.24) is 0 Å². The standard InChI is InChI=1S/C14H15FINO/c1-10(7-8-11-4-3-9-18-11)17-13-6-2-5-12(15)14(13)16/h2-6,9-10,17H,7-8H2,1H3. The minimum absolute atomic E-state index is 0.182. The Morgan fingerprint density at radius 1 is 1.33 bits per heavy atom. The molecule has 0 aliphatic rings. The molecule has 96 valence electrons. The molecule has 0 radical (unpaired) electrons. The maximum absolute atomic E-state index is 13.4. The van der Waals surface area contributed by atoms with Crippen LogP contribution in [0.3, 0.4) is 0 Å². The minimum Gasteiger partial charge on any atom is -0.469 e. The Kier molecular flexibility index (Phi) is 4.63. The van der Waals surface area contributed by atoms with Crippen molar-refractivity contribution >= 4 is 28.3 Å². The lowest BCUT2D eigenvalue weighted by molar-refractivity contribution is 0.495. The van der Waals surface area contributed by atoms with Gasteiger partial charge in [-0.15, -0.1) is 0 Å². The molecule has 0 fully saturated rings. The first kappa shape index (κ1) is 13.4. The van der Waals surface area contributed by atoms with Gasteiger partial charge in [-0.3, -0.25) is 0 Å². The zero-order valence-corrected chi connectivity index (χ0v) is 12.3. The molecule has 0 saturated carbocycles. The van der Waals surface area contributed by atoms with Gasteiger partial charge in [0, 0.05) is 12.5 Å². The Balaban J connectivity index is 1.90. The van der Waals surface area contributed by atoms with Gasteiger partial charge in [-0.1, -0.05) is 6.07 Å². The molecule has 0 bridgehead atoms. The number of halogens is 2. The number of hydrogen-bond donors (Lipinski definition) is 1. The Hall–Kier alpha value is -1.04. The summed E-state index contributed by atoms with van der Waals surface area (Å²) in [5.74, 6) is 0.802. The topological polar surface area (TPSA) is 25.2 Å². The maximum Gasteiger partial charge on any atom is 0.138 e. The number of hydrogen-bond acceptors (Lipinski definition) is 2. The molecule has 2 nitrogen and oxygen atoms in total. The fourth-order valence-electron chi connectivity index (χ4n) is 1.77. The highest BCUT2D eigenvalue weighted by atomic mass is 127. The van der Waals surface area contributed by atoms with Crippen LogP contribution in [0.15, 0.2) is 41.0 Å². The SMILES string of the molecule is CC(CCc1ccco1)Nc1cccc(F)c1I. The number of nitrogens with one attached hydrogen (secondary N) is 1. The van der Waals surface area contributed by atoms with Gasteiger partial charge in [0.2, 0.25) is 0 Å². The van der Waals surface area contributed by atoms with E-state index in [4.69, 9.17) is 4.42 Å². The first-order valence-corrected chi connectivity index (χ1v) is 6.97. The van der Waals surface area contributed by atoms with Crippen molar-refractivity contribution in [1.29, 1.82) is 0 Å². The largest absolute Gasteiger partial charge is 0.469 e. The number of anilines is 1. The van der Waals surface area contributed by atoms with Crippen LogP contribution in [-0.2, 0) is 6.42 Å².